The average Bonchev–Trinajstić information content (AvgIpc) is 2.85. The van der Waals surface area contributed by atoms with Crippen LogP contribution in [0.1, 0.15) is 84.0 Å². The summed E-state index contributed by atoms with van der Waals surface area (Å²) in [6, 6.07) is 14.7. The molecule has 3 amide bonds. The SMILES string of the molecule is C=Cc1cccc(C(C(=O)NC(C)CCC)N(C(=O)C(Cc2ccccc2)NC(=O)OC(C)(C)C)C(C)C)c1. The van der Waals surface area contributed by atoms with Crippen molar-refractivity contribution in [1.29, 1.82) is 0 Å². The molecule has 0 heterocycles. The van der Waals surface area contributed by atoms with Crippen LogP contribution in [0.15, 0.2) is 61.2 Å². The zero-order valence-electron chi connectivity index (χ0n) is 24.5. The molecule has 7 heteroatoms. The first-order chi connectivity index (χ1) is 18.4. The number of carbonyl (C=O) groups excluding carboxylic acids is 3. The topological polar surface area (TPSA) is 87.7 Å². The zero-order valence-corrected chi connectivity index (χ0v) is 24.5. The van der Waals surface area contributed by atoms with Crippen LogP contribution in [0.2, 0.25) is 0 Å². The summed E-state index contributed by atoms with van der Waals surface area (Å²) in [6.07, 6.45) is 3.01. The molecule has 0 fully saturated rings. The van der Waals surface area contributed by atoms with Crippen molar-refractivity contribution in [2.45, 2.75) is 97.5 Å². The summed E-state index contributed by atoms with van der Waals surface area (Å²) < 4.78 is 5.49. The standard InChI is InChI=1S/C32H45N3O4/c1-9-15-23(5)33-29(36)28(26-19-14-18-24(10-2)20-26)35(22(3)4)30(37)27(21-25-16-12-11-13-17-25)34-31(38)39-32(6,7)8/h10-14,16-20,22-23,27-28H,2,9,15,21H2,1,3-8H3,(H,33,36)(H,34,38). The summed E-state index contributed by atoms with van der Waals surface area (Å²) in [5.41, 5.74) is 1.66. The lowest BCUT2D eigenvalue weighted by Crippen LogP contribution is -2.56. The van der Waals surface area contributed by atoms with Crippen LogP contribution in [0, 0.1) is 0 Å². The molecular formula is C32H45N3O4. The van der Waals surface area contributed by atoms with Gasteiger partial charge in [0.2, 0.25) is 11.8 Å². The molecule has 0 aliphatic heterocycles. The van der Waals surface area contributed by atoms with E-state index in [1.54, 1.807) is 31.7 Å². The molecule has 2 rings (SSSR count). The molecule has 39 heavy (non-hydrogen) atoms. The molecule has 0 saturated heterocycles. The molecule has 2 aromatic carbocycles. The van der Waals surface area contributed by atoms with Gasteiger partial charge in [-0.05, 0) is 70.7 Å². The summed E-state index contributed by atoms with van der Waals surface area (Å²) in [4.78, 5) is 42.6. The van der Waals surface area contributed by atoms with Crippen LogP contribution in [0.5, 0.6) is 0 Å². The predicted molar refractivity (Wildman–Crippen MR) is 157 cm³/mol. The molecule has 0 spiro atoms. The fourth-order valence-electron chi connectivity index (χ4n) is 4.48. The molecule has 0 bridgehead atoms. The van der Waals surface area contributed by atoms with E-state index in [2.05, 4.69) is 24.1 Å². The number of alkyl carbamates (subject to hydrolysis) is 1. The Morgan fingerprint density at radius 2 is 1.67 bits per heavy atom. The first-order valence-electron chi connectivity index (χ1n) is 13.7. The Morgan fingerprint density at radius 1 is 1.00 bits per heavy atom. The van der Waals surface area contributed by atoms with Crippen LogP contribution < -0.4 is 10.6 Å². The highest BCUT2D eigenvalue weighted by molar-refractivity contribution is 5.92. The van der Waals surface area contributed by atoms with Crippen LogP contribution in [-0.2, 0) is 20.7 Å². The van der Waals surface area contributed by atoms with Crippen molar-refractivity contribution in [3.05, 3.63) is 77.9 Å². The number of rotatable bonds is 12. The lowest BCUT2D eigenvalue weighted by molar-refractivity contribution is -0.144. The van der Waals surface area contributed by atoms with E-state index >= 15 is 0 Å². The van der Waals surface area contributed by atoms with E-state index in [1.807, 2.05) is 75.4 Å². The zero-order chi connectivity index (χ0) is 29.2. The molecular weight excluding hydrogens is 490 g/mol. The number of carbonyl (C=O) groups is 3. The van der Waals surface area contributed by atoms with Crippen molar-refractivity contribution in [3.63, 3.8) is 0 Å². The molecule has 0 aliphatic rings. The lowest BCUT2D eigenvalue weighted by Gasteiger charge is -2.37. The van der Waals surface area contributed by atoms with Crippen molar-refractivity contribution in [2.24, 2.45) is 0 Å². The quantitative estimate of drug-likeness (QED) is 0.346. The van der Waals surface area contributed by atoms with E-state index in [0.29, 0.717) is 5.56 Å². The molecule has 2 aromatic rings. The van der Waals surface area contributed by atoms with E-state index in [1.165, 1.54) is 0 Å². The second kappa shape index (κ2) is 14.5. The number of benzene rings is 2. The largest absolute Gasteiger partial charge is 0.444 e. The van der Waals surface area contributed by atoms with Gasteiger partial charge in [0.15, 0.2) is 0 Å². The molecule has 0 aliphatic carbocycles. The van der Waals surface area contributed by atoms with E-state index in [-0.39, 0.29) is 30.3 Å². The van der Waals surface area contributed by atoms with Gasteiger partial charge in [-0.2, -0.15) is 0 Å². The molecule has 212 valence electrons. The maximum absolute atomic E-state index is 14.3. The van der Waals surface area contributed by atoms with Gasteiger partial charge in [0, 0.05) is 18.5 Å². The minimum atomic E-state index is -0.949. The highest BCUT2D eigenvalue weighted by atomic mass is 16.6. The minimum absolute atomic E-state index is 0.0586. The third-order valence-electron chi connectivity index (χ3n) is 6.18. The van der Waals surface area contributed by atoms with Gasteiger partial charge in [0.1, 0.15) is 17.7 Å². The second-order valence-electron chi connectivity index (χ2n) is 11.2. The van der Waals surface area contributed by atoms with Crippen molar-refractivity contribution in [2.75, 3.05) is 0 Å². The van der Waals surface area contributed by atoms with Gasteiger partial charge in [-0.15, -0.1) is 0 Å². The highest BCUT2D eigenvalue weighted by Gasteiger charge is 2.38. The van der Waals surface area contributed by atoms with E-state index in [0.717, 1.165) is 24.0 Å². The number of ether oxygens (including phenoxy) is 1. The fourth-order valence-corrected chi connectivity index (χ4v) is 4.48. The summed E-state index contributed by atoms with van der Waals surface area (Å²) >= 11 is 0. The number of hydrogen-bond donors (Lipinski definition) is 2. The average molecular weight is 536 g/mol. The maximum Gasteiger partial charge on any atom is 0.408 e. The second-order valence-corrected chi connectivity index (χ2v) is 11.2. The van der Waals surface area contributed by atoms with Crippen molar-refractivity contribution in [3.8, 4) is 0 Å². The molecule has 3 unspecified atom stereocenters. The number of amides is 3. The van der Waals surface area contributed by atoms with Crippen LogP contribution in [0.4, 0.5) is 4.79 Å². The Morgan fingerprint density at radius 3 is 2.23 bits per heavy atom. The normalized spacial score (nSPS) is 13.6. The minimum Gasteiger partial charge on any atom is -0.444 e. The van der Waals surface area contributed by atoms with Gasteiger partial charge in [0.05, 0.1) is 0 Å². The van der Waals surface area contributed by atoms with E-state index in [9.17, 15) is 14.4 Å². The molecule has 2 N–H and O–H groups in total. The van der Waals surface area contributed by atoms with Gasteiger partial charge in [-0.1, -0.05) is 74.5 Å². The van der Waals surface area contributed by atoms with Gasteiger partial charge in [-0.3, -0.25) is 9.59 Å². The van der Waals surface area contributed by atoms with Crippen LogP contribution in [0.25, 0.3) is 6.08 Å². The lowest BCUT2D eigenvalue weighted by atomic mass is 9.97. The van der Waals surface area contributed by atoms with Gasteiger partial charge < -0.3 is 20.3 Å². The number of nitrogens with zero attached hydrogens (tertiary/aromatic N) is 1. The molecule has 0 aromatic heterocycles. The van der Waals surface area contributed by atoms with Crippen LogP contribution in [0.3, 0.4) is 0 Å². The smallest absolute Gasteiger partial charge is 0.408 e. The molecule has 0 radical (unpaired) electrons. The third-order valence-corrected chi connectivity index (χ3v) is 6.18. The van der Waals surface area contributed by atoms with E-state index < -0.39 is 23.8 Å². The van der Waals surface area contributed by atoms with E-state index in [4.69, 9.17) is 4.74 Å². The van der Waals surface area contributed by atoms with Gasteiger partial charge in [-0.25, -0.2) is 4.79 Å². The summed E-state index contributed by atoms with van der Waals surface area (Å²) in [6.45, 7) is 16.9. The summed E-state index contributed by atoms with van der Waals surface area (Å²) in [7, 11) is 0. The fraction of sp³-hybridized carbons (Fsp3) is 0.469. The molecule has 7 nitrogen and oxygen atoms in total. The third kappa shape index (κ3) is 9.89. The Kier molecular flexibility index (Phi) is 11.8. The molecule has 0 saturated carbocycles. The van der Waals surface area contributed by atoms with Gasteiger partial charge in [0.25, 0.3) is 0 Å². The Bertz CT molecular complexity index is 1110. The van der Waals surface area contributed by atoms with Crippen molar-refractivity contribution < 1.29 is 19.1 Å². The first-order valence-corrected chi connectivity index (χ1v) is 13.7. The Balaban J connectivity index is 2.56. The maximum atomic E-state index is 14.3. The number of hydrogen-bond acceptors (Lipinski definition) is 4. The van der Waals surface area contributed by atoms with Crippen LogP contribution in [-0.4, -0.2) is 46.5 Å². The summed E-state index contributed by atoms with van der Waals surface area (Å²) in [5.74, 6) is -0.637. The van der Waals surface area contributed by atoms with Crippen molar-refractivity contribution in [1.82, 2.24) is 15.5 Å². The molecule has 3 atom stereocenters. The first kappa shape index (κ1) is 31.6. The predicted octanol–water partition coefficient (Wildman–Crippen LogP) is 6.05. The van der Waals surface area contributed by atoms with Crippen LogP contribution >= 0.6 is 0 Å². The van der Waals surface area contributed by atoms with Crippen molar-refractivity contribution >= 4 is 24.0 Å². The summed E-state index contributed by atoms with van der Waals surface area (Å²) in [5, 5.41) is 5.88. The van der Waals surface area contributed by atoms with Gasteiger partial charge >= 0.3 is 6.09 Å². The Hall–Kier alpha value is -3.61. The highest BCUT2D eigenvalue weighted by Crippen LogP contribution is 2.27. The monoisotopic (exact) mass is 535 g/mol. The number of nitrogens with one attached hydrogen (secondary N) is 2. The Labute approximate surface area is 234 Å².